The molecule has 0 aromatic carbocycles. The lowest BCUT2D eigenvalue weighted by molar-refractivity contribution is 0.108. The van der Waals surface area contributed by atoms with E-state index in [1.165, 1.54) is 0 Å². The normalized spacial score (nSPS) is 38.2. The number of hydrogen-bond acceptors (Lipinski definition) is 2. The quantitative estimate of drug-likeness (QED) is 0.540. The number of methoxy groups -OCH3 is 1. The van der Waals surface area contributed by atoms with Gasteiger partial charge in [-0.1, -0.05) is 0 Å². The Bertz CT molecular complexity index is 74.9. The third-order valence-corrected chi connectivity index (χ3v) is 1.76. The molecule has 48 valence electrons. The van der Waals surface area contributed by atoms with Crippen molar-refractivity contribution in [3.8, 4) is 0 Å². The Morgan fingerprint density at radius 1 is 1.50 bits per heavy atom. The predicted octanol–water partition coefficient (Wildman–Crippen LogP) is 0.513. The van der Waals surface area contributed by atoms with Crippen LogP contribution in [0.15, 0.2) is 0 Å². The molecule has 1 aliphatic rings. The van der Waals surface area contributed by atoms with E-state index in [-0.39, 0.29) is 0 Å². The molecule has 1 saturated carbocycles. The molecular formula is C6H13NO. The van der Waals surface area contributed by atoms with Crippen molar-refractivity contribution in [2.75, 3.05) is 7.11 Å². The average Bonchev–Trinajstić information content (AvgIpc) is 2.14. The zero-order valence-electron chi connectivity index (χ0n) is 5.26. The Morgan fingerprint density at radius 2 is 2.25 bits per heavy atom. The van der Waals surface area contributed by atoms with Crippen LogP contribution in [0.2, 0.25) is 0 Å². The summed E-state index contributed by atoms with van der Waals surface area (Å²) in [6, 6.07) is 0.403. The summed E-state index contributed by atoms with van der Waals surface area (Å²) in [7, 11) is 1.75. The van der Waals surface area contributed by atoms with Crippen LogP contribution < -0.4 is 5.73 Å². The van der Waals surface area contributed by atoms with Gasteiger partial charge >= 0.3 is 0 Å². The van der Waals surface area contributed by atoms with Crippen LogP contribution in [-0.2, 0) is 4.74 Å². The predicted molar refractivity (Wildman–Crippen MR) is 32.6 cm³/mol. The molecule has 0 saturated heterocycles. The van der Waals surface area contributed by atoms with Crippen LogP contribution in [0.25, 0.3) is 0 Å². The van der Waals surface area contributed by atoms with Crippen LogP contribution in [0, 0.1) is 0 Å². The highest BCUT2D eigenvalue weighted by atomic mass is 16.5. The molecule has 1 rings (SSSR count). The summed E-state index contributed by atoms with van der Waals surface area (Å²) in [5, 5.41) is 0. The first-order chi connectivity index (χ1) is 3.83. The Hall–Kier alpha value is -0.0800. The zero-order chi connectivity index (χ0) is 5.98. The third-order valence-electron chi connectivity index (χ3n) is 1.76. The van der Waals surface area contributed by atoms with E-state index in [0.29, 0.717) is 12.1 Å². The summed E-state index contributed by atoms with van der Waals surface area (Å²) in [6.45, 7) is 0. The maximum atomic E-state index is 5.62. The van der Waals surface area contributed by atoms with Crippen LogP contribution in [0.4, 0.5) is 0 Å². The fourth-order valence-corrected chi connectivity index (χ4v) is 1.19. The monoisotopic (exact) mass is 115 g/mol. The Morgan fingerprint density at radius 3 is 2.50 bits per heavy atom. The summed E-state index contributed by atoms with van der Waals surface area (Å²) < 4.78 is 5.10. The minimum atomic E-state index is 0.403. The zero-order valence-corrected chi connectivity index (χ0v) is 5.26. The maximum absolute atomic E-state index is 5.62. The van der Waals surface area contributed by atoms with Crippen molar-refractivity contribution < 1.29 is 4.74 Å². The van der Waals surface area contributed by atoms with E-state index in [1.54, 1.807) is 7.11 Å². The maximum Gasteiger partial charge on any atom is 0.0586 e. The fraction of sp³-hybridized carbons (Fsp3) is 1.00. The highest BCUT2D eigenvalue weighted by molar-refractivity contribution is 4.77. The molecule has 0 aromatic heterocycles. The highest BCUT2D eigenvalue weighted by Crippen LogP contribution is 2.18. The first-order valence-electron chi connectivity index (χ1n) is 3.11. The molecule has 0 aromatic rings. The van der Waals surface area contributed by atoms with Gasteiger partial charge in [0.05, 0.1) is 6.10 Å². The first kappa shape index (κ1) is 6.05. The van der Waals surface area contributed by atoms with Crippen molar-refractivity contribution in [3.05, 3.63) is 0 Å². The van der Waals surface area contributed by atoms with Gasteiger partial charge in [0.25, 0.3) is 0 Å². The SMILES string of the molecule is CO[C@H]1CC[C@@H](N)C1. The largest absolute Gasteiger partial charge is 0.381 e. The minimum Gasteiger partial charge on any atom is -0.381 e. The van der Waals surface area contributed by atoms with E-state index in [4.69, 9.17) is 10.5 Å². The van der Waals surface area contributed by atoms with E-state index in [1.807, 2.05) is 0 Å². The van der Waals surface area contributed by atoms with Crippen molar-refractivity contribution in [2.24, 2.45) is 5.73 Å². The van der Waals surface area contributed by atoms with Crippen LogP contribution >= 0.6 is 0 Å². The molecular weight excluding hydrogens is 102 g/mol. The molecule has 2 N–H and O–H groups in total. The average molecular weight is 115 g/mol. The van der Waals surface area contributed by atoms with Crippen LogP contribution in [-0.4, -0.2) is 19.3 Å². The van der Waals surface area contributed by atoms with Crippen LogP contribution in [0.3, 0.4) is 0 Å². The lowest BCUT2D eigenvalue weighted by Crippen LogP contribution is -2.16. The molecule has 2 heteroatoms. The summed E-state index contributed by atoms with van der Waals surface area (Å²) in [5.41, 5.74) is 5.62. The van der Waals surface area contributed by atoms with Gasteiger partial charge in [-0.3, -0.25) is 0 Å². The van der Waals surface area contributed by atoms with E-state index in [9.17, 15) is 0 Å². The molecule has 0 radical (unpaired) electrons. The van der Waals surface area contributed by atoms with E-state index < -0.39 is 0 Å². The molecule has 1 fully saturated rings. The lowest BCUT2D eigenvalue weighted by Gasteiger charge is -2.04. The van der Waals surface area contributed by atoms with Gasteiger partial charge in [0.1, 0.15) is 0 Å². The number of hydrogen-bond donors (Lipinski definition) is 1. The van der Waals surface area contributed by atoms with E-state index >= 15 is 0 Å². The smallest absolute Gasteiger partial charge is 0.0586 e. The van der Waals surface area contributed by atoms with Crippen LogP contribution in [0.5, 0.6) is 0 Å². The number of ether oxygens (including phenoxy) is 1. The molecule has 8 heavy (non-hydrogen) atoms. The summed E-state index contributed by atoms with van der Waals surface area (Å²) in [6.07, 6.45) is 3.79. The van der Waals surface area contributed by atoms with Gasteiger partial charge in [-0.15, -0.1) is 0 Å². The standard InChI is InChI=1S/C6H13NO/c1-8-6-3-2-5(7)4-6/h5-6H,2-4,7H2,1H3/t5-,6+/m1/s1. The van der Waals surface area contributed by atoms with Crippen molar-refractivity contribution in [1.82, 2.24) is 0 Å². The van der Waals surface area contributed by atoms with Gasteiger partial charge < -0.3 is 10.5 Å². The molecule has 0 bridgehead atoms. The molecule has 1 aliphatic carbocycles. The van der Waals surface area contributed by atoms with E-state index in [0.717, 1.165) is 19.3 Å². The second-order valence-electron chi connectivity index (χ2n) is 2.43. The number of rotatable bonds is 1. The van der Waals surface area contributed by atoms with Gasteiger partial charge in [-0.25, -0.2) is 0 Å². The summed E-state index contributed by atoms with van der Waals surface area (Å²) >= 11 is 0. The molecule has 0 heterocycles. The van der Waals surface area contributed by atoms with Gasteiger partial charge in [-0.2, -0.15) is 0 Å². The molecule has 0 aliphatic heterocycles. The Balaban J connectivity index is 2.22. The van der Waals surface area contributed by atoms with E-state index in [2.05, 4.69) is 0 Å². The lowest BCUT2D eigenvalue weighted by atomic mass is 10.3. The molecule has 2 nitrogen and oxygen atoms in total. The fourth-order valence-electron chi connectivity index (χ4n) is 1.19. The minimum absolute atomic E-state index is 0.403. The van der Waals surface area contributed by atoms with Gasteiger partial charge in [0.2, 0.25) is 0 Å². The van der Waals surface area contributed by atoms with Gasteiger partial charge in [0.15, 0.2) is 0 Å². The van der Waals surface area contributed by atoms with Crippen molar-refractivity contribution in [2.45, 2.75) is 31.4 Å². The number of nitrogens with two attached hydrogens (primary N) is 1. The summed E-state index contributed by atoms with van der Waals surface area (Å²) in [5.74, 6) is 0. The second kappa shape index (κ2) is 2.46. The molecule has 0 spiro atoms. The Kier molecular flexibility index (Phi) is 1.86. The molecule has 0 unspecified atom stereocenters. The van der Waals surface area contributed by atoms with Gasteiger partial charge in [-0.05, 0) is 19.3 Å². The molecule has 0 amide bonds. The highest BCUT2D eigenvalue weighted by Gasteiger charge is 2.20. The second-order valence-corrected chi connectivity index (χ2v) is 2.43. The third kappa shape index (κ3) is 1.20. The first-order valence-corrected chi connectivity index (χ1v) is 3.11. The topological polar surface area (TPSA) is 35.2 Å². The van der Waals surface area contributed by atoms with Crippen molar-refractivity contribution in [1.29, 1.82) is 0 Å². The van der Waals surface area contributed by atoms with Crippen LogP contribution in [0.1, 0.15) is 19.3 Å². The van der Waals surface area contributed by atoms with Crippen molar-refractivity contribution >= 4 is 0 Å². The Labute approximate surface area is 50.0 Å². The van der Waals surface area contributed by atoms with Crippen molar-refractivity contribution in [3.63, 3.8) is 0 Å². The van der Waals surface area contributed by atoms with Gasteiger partial charge in [0, 0.05) is 13.2 Å². The molecule has 2 atom stereocenters. The summed E-state index contributed by atoms with van der Waals surface area (Å²) in [4.78, 5) is 0.